The van der Waals surface area contributed by atoms with E-state index >= 15 is 0 Å². The summed E-state index contributed by atoms with van der Waals surface area (Å²) < 4.78 is 0. The normalized spacial score (nSPS) is 11.2. The van der Waals surface area contributed by atoms with E-state index in [-0.39, 0.29) is 5.56 Å². The fraction of sp³-hybridized carbons (Fsp3) is 0.182. The lowest BCUT2D eigenvalue weighted by Gasteiger charge is -2.22. The SMILES string of the molecule is O=C(O)c1cc2ccccc2cc1N=Cc1ccc(N(CCCl)CCCl)cc1. The van der Waals surface area contributed by atoms with Crippen LogP contribution in [0, 0.1) is 0 Å². The Labute approximate surface area is 174 Å². The molecule has 0 aliphatic heterocycles. The molecule has 0 saturated carbocycles. The number of carboxylic acids is 1. The molecule has 0 unspecified atom stereocenters. The molecule has 0 radical (unpaired) electrons. The predicted molar refractivity (Wildman–Crippen MR) is 118 cm³/mol. The van der Waals surface area contributed by atoms with Gasteiger partial charge in [-0.15, -0.1) is 23.2 Å². The predicted octanol–water partition coefficient (Wildman–Crippen LogP) is 5.57. The lowest BCUT2D eigenvalue weighted by molar-refractivity contribution is 0.0698. The molecule has 28 heavy (non-hydrogen) atoms. The molecule has 0 aliphatic carbocycles. The summed E-state index contributed by atoms with van der Waals surface area (Å²) in [5.41, 5.74) is 2.53. The monoisotopic (exact) mass is 414 g/mol. The maximum Gasteiger partial charge on any atom is 0.337 e. The smallest absolute Gasteiger partial charge is 0.337 e. The van der Waals surface area contributed by atoms with E-state index in [1.807, 2.05) is 48.5 Å². The van der Waals surface area contributed by atoms with Gasteiger partial charge in [0.05, 0.1) is 11.3 Å². The average Bonchev–Trinajstić information content (AvgIpc) is 2.71. The van der Waals surface area contributed by atoms with Crippen molar-refractivity contribution in [1.29, 1.82) is 0 Å². The molecule has 0 amide bonds. The topological polar surface area (TPSA) is 52.9 Å². The van der Waals surface area contributed by atoms with Crippen molar-refractivity contribution in [3.63, 3.8) is 0 Å². The number of carboxylic acid groups (broad SMARTS) is 1. The Balaban J connectivity index is 1.87. The van der Waals surface area contributed by atoms with Gasteiger partial charge < -0.3 is 10.0 Å². The van der Waals surface area contributed by atoms with Crippen molar-refractivity contribution in [1.82, 2.24) is 0 Å². The Bertz CT molecular complexity index is 981. The molecule has 6 heteroatoms. The zero-order valence-electron chi connectivity index (χ0n) is 15.2. The minimum Gasteiger partial charge on any atom is -0.478 e. The molecule has 1 N–H and O–H groups in total. The molecule has 144 valence electrons. The quantitative estimate of drug-likeness (QED) is 0.386. The largest absolute Gasteiger partial charge is 0.478 e. The van der Waals surface area contributed by atoms with Crippen LogP contribution in [0.5, 0.6) is 0 Å². The third-order valence-electron chi connectivity index (χ3n) is 4.41. The van der Waals surface area contributed by atoms with Crippen molar-refractivity contribution < 1.29 is 9.90 Å². The number of hydrogen-bond donors (Lipinski definition) is 1. The van der Waals surface area contributed by atoms with Crippen LogP contribution in [0.25, 0.3) is 10.8 Å². The van der Waals surface area contributed by atoms with Gasteiger partial charge in [-0.1, -0.05) is 36.4 Å². The van der Waals surface area contributed by atoms with Gasteiger partial charge in [0.25, 0.3) is 0 Å². The molecule has 0 aromatic heterocycles. The first-order valence-corrected chi connectivity index (χ1v) is 9.96. The van der Waals surface area contributed by atoms with E-state index < -0.39 is 5.97 Å². The molecule has 4 nitrogen and oxygen atoms in total. The third kappa shape index (κ3) is 4.83. The number of nitrogens with zero attached hydrogens (tertiary/aromatic N) is 2. The first-order valence-electron chi connectivity index (χ1n) is 8.89. The van der Waals surface area contributed by atoms with Crippen molar-refractivity contribution >= 4 is 57.5 Å². The first kappa shape index (κ1) is 20.2. The molecular formula is C22H20Cl2N2O2. The second kappa shape index (κ2) is 9.58. The summed E-state index contributed by atoms with van der Waals surface area (Å²) >= 11 is 11.7. The fourth-order valence-electron chi connectivity index (χ4n) is 3.00. The van der Waals surface area contributed by atoms with Crippen molar-refractivity contribution in [3.05, 3.63) is 71.8 Å². The summed E-state index contributed by atoms with van der Waals surface area (Å²) in [4.78, 5) is 18.2. The van der Waals surface area contributed by atoms with Crippen molar-refractivity contribution in [2.45, 2.75) is 0 Å². The lowest BCUT2D eigenvalue weighted by atomic mass is 10.1. The summed E-state index contributed by atoms with van der Waals surface area (Å²) in [6.45, 7) is 1.45. The van der Waals surface area contributed by atoms with Crippen LogP contribution < -0.4 is 4.90 Å². The first-order chi connectivity index (χ1) is 13.6. The van der Waals surface area contributed by atoms with Crippen LogP contribution in [-0.2, 0) is 0 Å². The minimum atomic E-state index is -0.994. The van der Waals surface area contributed by atoms with Gasteiger partial charge in [0.15, 0.2) is 0 Å². The second-order valence-electron chi connectivity index (χ2n) is 6.24. The van der Waals surface area contributed by atoms with Gasteiger partial charge in [0.1, 0.15) is 0 Å². The molecule has 3 aromatic rings. The van der Waals surface area contributed by atoms with E-state index in [4.69, 9.17) is 23.2 Å². The van der Waals surface area contributed by atoms with Crippen LogP contribution in [0.3, 0.4) is 0 Å². The van der Waals surface area contributed by atoms with Crippen molar-refractivity contribution in [2.24, 2.45) is 4.99 Å². The Hall–Kier alpha value is -2.56. The molecule has 0 atom stereocenters. The van der Waals surface area contributed by atoms with Crippen LogP contribution in [0.4, 0.5) is 11.4 Å². The second-order valence-corrected chi connectivity index (χ2v) is 6.99. The van der Waals surface area contributed by atoms with Gasteiger partial charge in [-0.05, 0) is 40.6 Å². The summed E-state index contributed by atoms with van der Waals surface area (Å²) in [7, 11) is 0. The summed E-state index contributed by atoms with van der Waals surface area (Å²) in [5.74, 6) is 0.0612. The molecular weight excluding hydrogens is 395 g/mol. The van der Waals surface area contributed by atoms with E-state index in [2.05, 4.69) is 9.89 Å². The molecule has 0 bridgehead atoms. The zero-order valence-corrected chi connectivity index (χ0v) is 16.7. The Morgan fingerprint density at radius 3 is 2.14 bits per heavy atom. The van der Waals surface area contributed by atoms with E-state index in [0.717, 1.165) is 35.1 Å². The van der Waals surface area contributed by atoms with Crippen LogP contribution in [0.15, 0.2) is 65.7 Å². The number of benzene rings is 3. The standard InChI is InChI=1S/C22H20Cl2N2O2/c23-9-11-26(12-10-24)19-7-5-16(6-8-19)15-25-21-14-18-4-2-1-3-17(18)13-20(21)22(27)28/h1-8,13-15H,9-12H2,(H,27,28). The average molecular weight is 415 g/mol. The van der Waals surface area contributed by atoms with Crippen LogP contribution >= 0.6 is 23.2 Å². The Kier molecular flexibility index (Phi) is 6.90. The highest BCUT2D eigenvalue weighted by molar-refractivity contribution is 6.18. The van der Waals surface area contributed by atoms with E-state index in [0.29, 0.717) is 17.4 Å². The number of alkyl halides is 2. The van der Waals surface area contributed by atoms with Crippen LogP contribution in [0.1, 0.15) is 15.9 Å². The summed E-state index contributed by atoms with van der Waals surface area (Å²) in [6, 6.07) is 18.9. The zero-order chi connectivity index (χ0) is 19.9. The molecule has 0 aliphatic rings. The van der Waals surface area contributed by atoms with E-state index in [1.54, 1.807) is 18.3 Å². The molecule has 3 rings (SSSR count). The number of hydrogen-bond acceptors (Lipinski definition) is 3. The van der Waals surface area contributed by atoms with Gasteiger partial charge in [-0.25, -0.2) is 4.79 Å². The molecule has 0 fully saturated rings. The number of anilines is 1. The number of aliphatic imine (C=N–C) groups is 1. The molecule has 0 saturated heterocycles. The number of halogens is 2. The highest BCUT2D eigenvalue weighted by Gasteiger charge is 2.11. The molecule has 0 heterocycles. The van der Waals surface area contributed by atoms with Gasteiger partial charge >= 0.3 is 5.97 Å². The third-order valence-corrected chi connectivity index (χ3v) is 4.75. The number of carbonyl (C=O) groups is 1. The van der Waals surface area contributed by atoms with Crippen LogP contribution in [-0.4, -0.2) is 42.1 Å². The number of rotatable bonds is 8. The summed E-state index contributed by atoms with van der Waals surface area (Å²) in [5, 5.41) is 11.3. The van der Waals surface area contributed by atoms with Gasteiger partial charge in [-0.2, -0.15) is 0 Å². The lowest BCUT2D eigenvalue weighted by Crippen LogP contribution is -2.27. The van der Waals surface area contributed by atoms with Crippen molar-refractivity contribution in [3.8, 4) is 0 Å². The number of fused-ring (bicyclic) bond motifs is 1. The Morgan fingerprint density at radius 2 is 1.57 bits per heavy atom. The minimum absolute atomic E-state index is 0.182. The maximum atomic E-state index is 11.6. The van der Waals surface area contributed by atoms with Crippen LogP contribution in [0.2, 0.25) is 0 Å². The summed E-state index contributed by atoms with van der Waals surface area (Å²) in [6.07, 6.45) is 1.67. The highest BCUT2D eigenvalue weighted by Crippen LogP contribution is 2.26. The van der Waals surface area contributed by atoms with Gasteiger partial charge in [0.2, 0.25) is 0 Å². The maximum absolute atomic E-state index is 11.6. The van der Waals surface area contributed by atoms with Crippen molar-refractivity contribution in [2.75, 3.05) is 29.7 Å². The van der Waals surface area contributed by atoms with E-state index in [9.17, 15) is 9.90 Å². The van der Waals surface area contributed by atoms with E-state index in [1.165, 1.54) is 0 Å². The number of aromatic carboxylic acids is 1. The van der Waals surface area contributed by atoms with Gasteiger partial charge in [0, 0.05) is 36.8 Å². The fourth-order valence-corrected chi connectivity index (χ4v) is 3.40. The molecule has 0 spiro atoms. The Morgan fingerprint density at radius 1 is 0.964 bits per heavy atom. The van der Waals surface area contributed by atoms with Gasteiger partial charge in [-0.3, -0.25) is 4.99 Å². The highest BCUT2D eigenvalue weighted by atomic mass is 35.5. The molecule has 3 aromatic carbocycles.